The van der Waals surface area contributed by atoms with E-state index in [-0.39, 0.29) is 36.3 Å². The predicted octanol–water partition coefficient (Wildman–Crippen LogP) is 0.893. The molecule has 23 heavy (non-hydrogen) atoms. The van der Waals surface area contributed by atoms with Crippen LogP contribution in [0.3, 0.4) is 0 Å². The van der Waals surface area contributed by atoms with Crippen molar-refractivity contribution in [3.05, 3.63) is 0 Å². The number of sulfonamides is 1. The van der Waals surface area contributed by atoms with Gasteiger partial charge in [-0.15, -0.1) is 24.0 Å². The zero-order valence-electron chi connectivity index (χ0n) is 13.6. The van der Waals surface area contributed by atoms with Gasteiger partial charge in [-0.25, -0.2) is 8.42 Å². The highest BCUT2D eigenvalue weighted by Gasteiger charge is 2.23. The van der Waals surface area contributed by atoms with Gasteiger partial charge in [0, 0.05) is 19.1 Å². The van der Waals surface area contributed by atoms with Gasteiger partial charge in [-0.2, -0.15) is 4.31 Å². The fraction of sp³-hybridized carbons (Fsp3) is 0.929. The Balaban J connectivity index is 0.00000264. The number of nitrogens with zero attached hydrogens (tertiary/aromatic N) is 2. The highest BCUT2D eigenvalue weighted by molar-refractivity contribution is 14.0. The van der Waals surface area contributed by atoms with Gasteiger partial charge in [0.15, 0.2) is 5.96 Å². The Kier molecular flexibility index (Phi) is 9.71. The lowest BCUT2D eigenvalue weighted by atomic mass is 10.1. The van der Waals surface area contributed by atoms with Gasteiger partial charge in [-0.05, 0) is 12.8 Å². The summed E-state index contributed by atoms with van der Waals surface area (Å²) in [5, 5.41) is 3.22. The van der Waals surface area contributed by atoms with Gasteiger partial charge in [0.25, 0.3) is 0 Å². The molecule has 0 aromatic heterocycles. The van der Waals surface area contributed by atoms with Crippen LogP contribution in [0, 0.1) is 0 Å². The summed E-state index contributed by atoms with van der Waals surface area (Å²) in [7, 11) is -3.26. The number of guanidine groups is 1. The number of morpholine rings is 1. The maximum atomic E-state index is 12.1. The predicted molar refractivity (Wildman–Crippen MR) is 103 cm³/mol. The van der Waals surface area contributed by atoms with E-state index in [2.05, 4.69) is 10.3 Å². The number of nitrogens with one attached hydrogen (secondary N) is 1. The third kappa shape index (κ3) is 7.53. The molecule has 1 saturated heterocycles. The van der Waals surface area contributed by atoms with E-state index in [9.17, 15) is 8.42 Å². The molecule has 9 heteroatoms. The van der Waals surface area contributed by atoms with Gasteiger partial charge in [0.2, 0.25) is 10.0 Å². The van der Waals surface area contributed by atoms with Crippen molar-refractivity contribution in [2.75, 3.05) is 38.6 Å². The topological polar surface area (TPSA) is 97.0 Å². The summed E-state index contributed by atoms with van der Waals surface area (Å²) in [6.07, 6.45) is 7.23. The van der Waals surface area contributed by atoms with Gasteiger partial charge in [-0.3, -0.25) is 4.99 Å². The van der Waals surface area contributed by atoms with Crippen molar-refractivity contribution in [2.45, 2.75) is 44.6 Å². The fourth-order valence-corrected chi connectivity index (χ4v) is 4.20. The molecule has 3 N–H and O–H groups in total. The molecule has 2 aliphatic rings. The Bertz CT molecular complexity index is 459. The Morgan fingerprint density at radius 3 is 2.39 bits per heavy atom. The molecule has 1 aliphatic heterocycles. The average molecular weight is 460 g/mol. The molecule has 0 radical (unpaired) electrons. The molecule has 1 aliphatic carbocycles. The Hall–Kier alpha value is -0.130. The molecular formula is C14H29IN4O3S. The van der Waals surface area contributed by atoms with Gasteiger partial charge in [0.05, 0.1) is 25.5 Å². The second kappa shape index (κ2) is 10.7. The molecule has 1 heterocycles. The van der Waals surface area contributed by atoms with Crippen LogP contribution in [0.4, 0.5) is 0 Å². The number of hydrogen-bond acceptors (Lipinski definition) is 4. The summed E-state index contributed by atoms with van der Waals surface area (Å²) >= 11 is 0. The van der Waals surface area contributed by atoms with Crippen molar-refractivity contribution in [1.29, 1.82) is 0 Å². The molecule has 7 nitrogen and oxygen atoms in total. The lowest BCUT2D eigenvalue weighted by molar-refractivity contribution is 0.0731. The van der Waals surface area contributed by atoms with E-state index in [0.29, 0.717) is 38.3 Å². The zero-order chi connectivity index (χ0) is 15.8. The first-order chi connectivity index (χ1) is 10.6. The van der Waals surface area contributed by atoms with E-state index >= 15 is 0 Å². The molecule has 0 aromatic rings. The lowest BCUT2D eigenvalue weighted by Crippen LogP contribution is -2.43. The van der Waals surface area contributed by atoms with Crippen LogP contribution >= 0.6 is 24.0 Å². The number of rotatable bonds is 5. The van der Waals surface area contributed by atoms with Crippen LogP contribution < -0.4 is 11.1 Å². The quantitative estimate of drug-likeness (QED) is 0.275. The zero-order valence-corrected chi connectivity index (χ0v) is 16.7. The van der Waals surface area contributed by atoms with E-state index in [0.717, 1.165) is 12.8 Å². The van der Waals surface area contributed by atoms with E-state index in [4.69, 9.17) is 10.5 Å². The van der Waals surface area contributed by atoms with Crippen LogP contribution in [0.1, 0.15) is 38.5 Å². The second-order valence-electron chi connectivity index (χ2n) is 5.93. The summed E-state index contributed by atoms with van der Waals surface area (Å²) < 4.78 is 30.9. The number of halogens is 1. The minimum Gasteiger partial charge on any atom is -0.379 e. The second-order valence-corrected chi connectivity index (χ2v) is 8.02. The molecule has 0 aromatic carbocycles. The summed E-state index contributed by atoms with van der Waals surface area (Å²) in [6.45, 7) is 2.00. The fourth-order valence-electron chi connectivity index (χ4n) is 2.91. The SMILES string of the molecule is I.NC(=NCCS(=O)(=O)N1CCOCC1)NC1CCCCCC1. The van der Waals surface area contributed by atoms with Crippen LogP contribution in [0.2, 0.25) is 0 Å². The molecule has 1 saturated carbocycles. The third-order valence-electron chi connectivity index (χ3n) is 4.20. The third-order valence-corrected chi connectivity index (χ3v) is 6.05. The number of ether oxygens (including phenoxy) is 1. The van der Waals surface area contributed by atoms with Crippen LogP contribution in [0.15, 0.2) is 4.99 Å². The first kappa shape index (κ1) is 20.9. The van der Waals surface area contributed by atoms with Crippen molar-refractivity contribution >= 4 is 40.0 Å². The smallest absolute Gasteiger partial charge is 0.216 e. The van der Waals surface area contributed by atoms with E-state index in [1.807, 2.05) is 0 Å². The van der Waals surface area contributed by atoms with E-state index < -0.39 is 10.0 Å². The highest BCUT2D eigenvalue weighted by Crippen LogP contribution is 2.16. The largest absolute Gasteiger partial charge is 0.379 e. The van der Waals surface area contributed by atoms with Gasteiger partial charge in [0.1, 0.15) is 0 Å². The highest BCUT2D eigenvalue weighted by atomic mass is 127. The minimum atomic E-state index is -3.26. The Morgan fingerprint density at radius 1 is 1.17 bits per heavy atom. The maximum absolute atomic E-state index is 12.1. The Morgan fingerprint density at radius 2 is 1.78 bits per heavy atom. The normalized spacial score (nSPS) is 22.2. The molecule has 0 spiro atoms. The minimum absolute atomic E-state index is 0. The van der Waals surface area contributed by atoms with E-state index in [1.165, 1.54) is 30.0 Å². The van der Waals surface area contributed by atoms with Gasteiger partial charge < -0.3 is 15.8 Å². The molecular weight excluding hydrogens is 431 g/mol. The summed E-state index contributed by atoms with van der Waals surface area (Å²) in [6, 6.07) is 0.377. The molecule has 0 atom stereocenters. The van der Waals surface area contributed by atoms with Crippen LogP contribution in [0.25, 0.3) is 0 Å². The molecule has 0 amide bonds. The molecule has 136 valence electrons. The summed E-state index contributed by atoms with van der Waals surface area (Å²) in [4.78, 5) is 4.18. The number of nitrogens with two attached hydrogens (primary N) is 1. The first-order valence-corrected chi connectivity index (χ1v) is 9.81. The van der Waals surface area contributed by atoms with Crippen LogP contribution in [-0.2, 0) is 14.8 Å². The maximum Gasteiger partial charge on any atom is 0.216 e. The van der Waals surface area contributed by atoms with Crippen molar-refractivity contribution in [2.24, 2.45) is 10.7 Å². The standard InChI is InChI=1S/C14H28N4O3S.HI/c15-14(17-13-5-3-1-2-4-6-13)16-7-12-22(19,20)18-8-10-21-11-9-18;/h13H,1-12H2,(H3,15,16,17);1H. The Labute approximate surface area is 156 Å². The van der Waals surface area contributed by atoms with Crippen molar-refractivity contribution in [3.63, 3.8) is 0 Å². The number of aliphatic imine (C=N–C) groups is 1. The van der Waals surface area contributed by atoms with Crippen LogP contribution in [-0.4, -0.2) is 63.3 Å². The lowest BCUT2D eigenvalue weighted by Gasteiger charge is -2.25. The first-order valence-electron chi connectivity index (χ1n) is 8.20. The van der Waals surface area contributed by atoms with Crippen molar-refractivity contribution in [1.82, 2.24) is 9.62 Å². The summed E-state index contributed by atoms with van der Waals surface area (Å²) in [5.74, 6) is 0.365. The summed E-state index contributed by atoms with van der Waals surface area (Å²) in [5.41, 5.74) is 5.87. The van der Waals surface area contributed by atoms with Crippen molar-refractivity contribution < 1.29 is 13.2 Å². The van der Waals surface area contributed by atoms with Crippen molar-refractivity contribution in [3.8, 4) is 0 Å². The van der Waals surface area contributed by atoms with E-state index in [1.54, 1.807) is 0 Å². The number of hydrogen-bond donors (Lipinski definition) is 2. The monoisotopic (exact) mass is 460 g/mol. The molecule has 2 rings (SSSR count). The van der Waals surface area contributed by atoms with Gasteiger partial charge in [-0.1, -0.05) is 25.7 Å². The van der Waals surface area contributed by atoms with Crippen LogP contribution in [0.5, 0.6) is 0 Å². The molecule has 0 bridgehead atoms. The molecule has 2 fully saturated rings. The van der Waals surface area contributed by atoms with Gasteiger partial charge >= 0.3 is 0 Å². The molecule has 0 unspecified atom stereocenters. The average Bonchev–Trinajstić information content (AvgIpc) is 2.76.